The molecule has 112 valence electrons. The summed E-state index contributed by atoms with van der Waals surface area (Å²) >= 11 is 0. The van der Waals surface area contributed by atoms with E-state index in [4.69, 9.17) is 0 Å². The maximum Gasteiger partial charge on any atom is 0.0544 e. The molecule has 0 amide bonds. The third kappa shape index (κ3) is 4.57. The number of likely N-dealkylation sites (tertiary alicyclic amines) is 1. The lowest BCUT2D eigenvalue weighted by Crippen LogP contribution is -2.40. The van der Waals surface area contributed by atoms with Crippen LogP contribution in [0.3, 0.4) is 0 Å². The van der Waals surface area contributed by atoms with Gasteiger partial charge in [-0.3, -0.25) is 9.88 Å². The topological polar surface area (TPSA) is 28.2 Å². The van der Waals surface area contributed by atoms with Crippen LogP contribution < -0.4 is 5.32 Å². The fourth-order valence-electron chi connectivity index (χ4n) is 2.87. The highest BCUT2D eigenvalue weighted by molar-refractivity contribution is 5.14. The van der Waals surface area contributed by atoms with Crippen LogP contribution in [0, 0.1) is 5.92 Å². The molecule has 1 aromatic heterocycles. The second-order valence-electron chi connectivity index (χ2n) is 6.30. The standard InChI is InChI=1S/C17H29N3/c1-4-9-18-10-16-7-8-17(19-11-16)13-20-12-14(2)5-6-15(20)3/h7-8,11,14-15,18H,4-6,9-10,12-13H2,1-3H3. The second-order valence-corrected chi connectivity index (χ2v) is 6.30. The van der Waals surface area contributed by atoms with Crippen molar-refractivity contribution in [3.8, 4) is 0 Å². The van der Waals surface area contributed by atoms with E-state index < -0.39 is 0 Å². The van der Waals surface area contributed by atoms with Gasteiger partial charge in [0.15, 0.2) is 0 Å². The Labute approximate surface area is 123 Å². The monoisotopic (exact) mass is 275 g/mol. The molecule has 2 atom stereocenters. The predicted octanol–water partition coefficient (Wildman–Crippen LogP) is 3.20. The van der Waals surface area contributed by atoms with E-state index in [1.807, 2.05) is 6.20 Å². The van der Waals surface area contributed by atoms with Crippen molar-refractivity contribution in [3.05, 3.63) is 29.6 Å². The number of hydrogen-bond donors (Lipinski definition) is 1. The summed E-state index contributed by atoms with van der Waals surface area (Å²) in [5, 5.41) is 3.41. The van der Waals surface area contributed by atoms with Gasteiger partial charge in [-0.1, -0.05) is 19.9 Å². The number of hydrogen-bond acceptors (Lipinski definition) is 3. The van der Waals surface area contributed by atoms with Crippen molar-refractivity contribution in [1.29, 1.82) is 0 Å². The SMILES string of the molecule is CCCNCc1ccc(CN2CC(C)CCC2C)nc1. The Morgan fingerprint density at radius 3 is 2.85 bits per heavy atom. The predicted molar refractivity (Wildman–Crippen MR) is 84.5 cm³/mol. The van der Waals surface area contributed by atoms with Crippen molar-refractivity contribution in [2.24, 2.45) is 5.92 Å². The minimum absolute atomic E-state index is 0.693. The molecule has 0 spiro atoms. The fourth-order valence-corrected chi connectivity index (χ4v) is 2.87. The second kappa shape index (κ2) is 7.75. The highest BCUT2D eigenvalue weighted by Gasteiger charge is 2.22. The molecule has 1 fully saturated rings. The summed E-state index contributed by atoms with van der Waals surface area (Å²) in [6.07, 6.45) is 5.89. The molecular weight excluding hydrogens is 246 g/mol. The molecule has 2 unspecified atom stereocenters. The molecule has 0 aliphatic carbocycles. The van der Waals surface area contributed by atoms with Gasteiger partial charge in [0.1, 0.15) is 0 Å². The molecule has 1 aliphatic heterocycles. The first-order valence-electron chi connectivity index (χ1n) is 8.07. The van der Waals surface area contributed by atoms with Crippen LogP contribution >= 0.6 is 0 Å². The summed E-state index contributed by atoms with van der Waals surface area (Å²) in [7, 11) is 0. The molecule has 2 heterocycles. The van der Waals surface area contributed by atoms with Crippen molar-refractivity contribution in [2.45, 2.75) is 59.2 Å². The van der Waals surface area contributed by atoms with Gasteiger partial charge in [0.25, 0.3) is 0 Å². The summed E-state index contributed by atoms with van der Waals surface area (Å²) < 4.78 is 0. The lowest BCUT2D eigenvalue weighted by atomic mass is 9.95. The van der Waals surface area contributed by atoms with Gasteiger partial charge in [0, 0.05) is 31.9 Å². The van der Waals surface area contributed by atoms with E-state index in [1.165, 1.54) is 37.1 Å². The molecule has 0 radical (unpaired) electrons. The van der Waals surface area contributed by atoms with Gasteiger partial charge in [-0.15, -0.1) is 0 Å². The van der Waals surface area contributed by atoms with E-state index in [-0.39, 0.29) is 0 Å². The van der Waals surface area contributed by atoms with Crippen LogP contribution in [0.25, 0.3) is 0 Å². The zero-order valence-corrected chi connectivity index (χ0v) is 13.2. The number of pyridine rings is 1. The molecule has 0 aromatic carbocycles. The van der Waals surface area contributed by atoms with Crippen molar-refractivity contribution >= 4 is 0 Å². The number of nitrogens with one attached hydrogen (secondary N) is 1. The molecule has 2 rings (SSSR count). The molecule has 1 aromatic rings. The maximum absolute atomic E-state index is 4.63. The van der Waals surface area contributed by atoms with Crippen molar-refractivity contribution in [3.63, 3.8) is 0 Å². The van der Waals surface area contributed by atoms with Gasteiger partial charge < -0.3 is 5.32 Å². The van der Waals surface area contributed by atoms with Crippen LogP contribution in [-0.4, -0.2) is 29.0 Å². The van der Waals surface area contributed by atoms with E-state index in [9.17, 15) is 0 Å². The van der Waals surface area contributed by atoms with Gasteiger partial charge in [-0.2, -0.15) is 0 Å². The van der Waals surface area contributed by atoms with Gasteiger partial charge in [0.05, 0.1) is 5.69 Å². The summed E-state index contributed by atoms with van der Waals surface area (Å²) in [6.45, 7) is 11.1. The highest BCUT2D eigenvalue weighted by Crippen LogP contribution is 2.22. The van der Waals surface area contributed by atoms with Crippen molar-refractivity contribution < 1.29 is 0 Å². The van der Waals surface area contributed by atoms with Crippen LogP contribution in [0.2, 0.25) is 0 Å². The van der Waals surface area contributed by atoms with Crippen LogP contribution in [0.15, 0.2) is 18.3 Å². The minimum atomic E-state index is 0.693. The molecule has 1 N–H and O–H groups in total. The lowest BCUT2D eigenvalue weighted by Gasteiger charge is -2.36. The zero-order valence-electron chi connectivity index (χ0n) is 13.2. The fraction of sp³-hybridized carbons (Fsp3) is 0.706. The molecule has 3 heteroatoms. The quantitative estimate of drug-likeness (QED) is 0.808. The summed E-state index contributed by atoms with van der Waals surface area (Å²) in [5.74, 6) is 0.823. The summed E-state index contributed by atoms with van der Waals surface area (Å²) in [5.41, 5.74) is 2.48. The molecule has 1 saturated heterocycles. The van der Waals surface area contributed by atoms with Crippen molar-refractivity contribution in [2.75, 3.05) is 13.1 Å². The molecule has 0 saturated carbocycles. The van der Waals surface area contributed by atoms with Gasteiger partial charge in [0.2, 0.25) is 0 Å². The third-order valence-corrected chi connectivity index (χ3v) is 4.25. The zero-order chi connectivity index (χ0) is 14.4. The smallest absolute Gasteiger partial charge is 0.0544 e. The van der Waals surface area contributed by atoms with Crippen LogP contribution in [0.5, 0.6) is 0 Å². The maximum atomic E-state index is 4.63. The van der Waals surface area contributed by atoms with Gasteiger partial charge in [-0.05, 0) is 50.3 Å². The van der Waals surface area contributed by atoms with Crippen LogP contribution in [0.4, 0.5) is 0 Å². The Morgan fingerprint density at radius 2 is 2.15 bits per heavy atom. The lowest BCUT2D eigenvalue weighted by molar-refractivity contribution is 0.116. The molecule has 0 bridgehead atoms. The van der Waals surface area contributed by atoms with E-state index in [1.54, 1.807) is 0 Å². The Kier molecular flexibility index (Phi) is 5.99. The summed E-state index contributed by atoms with van der Waals surface area (Å²) in [6, 6.07) is 5.09. The number of aromatic nitrogens is 1. The molecular formula is C17H29N3. The van der Waals surface area contributed by atoms with E-state index in [0.717, 1.165) is 25.6 Å². The Bertz CT molecular complexity index is 388. The molecule has 3 nitrogen and oxygen atoms in total. The van der Waals surface area contributed by atoms with E-state index >= 15 is 0 Å². The molecule has 20 heavy (non-hydrogen) atoms. The van der Waals surface area contributed by atoms with Crippen LogP contribution in [-0.2, 0) is 13.1 Å². The number of nitrogens with zero attached hydrogens (tertiary/aromatic N) is 2. The Morgan fingerprint density at radius 1 is 1.30 bits per heavy atom. The average molecular weight is 275 g/mol. The Hall–Kier alpha value is -0.930. The minimum Gasteiger partial charge on any atom is -0.313 e. The van der Waals surface area contributed by atoms with Crippen molar-refractivity contribution in [1.82, 2.24) is 15.2 Å². The average Bonchev–Trinajstić information content (AvgIpc) is 2.45. The molecule has 1 aliphatic rings. The summed E-state index contributed by atoms with van der Waals surface area (Å²) in [4.78, 5) is 7.20. The first kappa shape index (κ1) is 15.5. The normalized spacial score (nSPS) is 23.9. The number of rotatable bonds is 6. The van der Waals surface area contributed by atoms with Gasteiger partial charge in [-0.25, -0.2) is 0 Å². The van der Waals surface area contributed by atoms with E-state index in [2.05, 4.69) is 48.1 Å². The van der Waals surface area contributed by atoms with Gasteiger partial charge >= 0.3 is 0 Å². The first-order valence-corrected chi connectivity index (χ1v) is 8.07. The van der Waals surface area contributed by atoms with E-state index in [0.29, 0.717) is 6.04 Å². The largest absolute Gasteiger partial charge is 0.313 e. The third-order valence-electron chi connectivity index (χ3n) is 4.25. The highest BCUT2D eigenvalue weighted by atomic mass is 15.2. The number of piperidine rings is 1. The van der Waals surface area contributed by atoms with Crippen LogP contribution in [0.1, 0.15) is 51.3 Å². The Balaban J connectivity index is 1.86. The first-order chi connectivity index (χ1) is 9.69.